The fourth-order valence-corrected chi connectivity index (χ4v) is 2.93. The summed E-state index contributed by atoms with van der Waals surface area (Å²) in [4.78, 5) is 12.1. The first-order chi connectivity index (χ1) is 9.66. The third-order valence-corrected chi connectivity index (χ3v) is 4.36. The summed E-state index contributed by atoms with van der Waals surface area (Å²) in [5.74, 6) is 0.804. The number of amides is 1. The first kappa shape index (κ1) is 15.0. The van der Waals surface area contributed by atoms with Gasteiger partial charge in [-0.15, -0.1) is 0 Å². The van der Waals surface area contributed by atoms with E-state index in [9.17, 15) is 4.79 Å². The molecule has 1 fully saturated rings. The highest BCUT2D eigenvalue weighted by atomic mass is 16.1. The fraction of sp³-hybridized carbons (Fsp3) is 0.588. The van der Waals surface area contributed by atoms with Crippen LogP contribution < -0.4 is 10.6 Å². The lowest BCUT2D eigenvalue weighted by molar-refractivity contribution is -0.122. The number of carbonyl (C=O) groups is 1. The minimum absolute atomic E-state index is 0.180. The third kappa shape index (κ3) is 4.34. The van der Waals surface area contributed by atoms with Gasteiger partial charge in [-0.05, 0) is 63.2 Å². The van der Waals surface area contributed by atoms with Crippen molar-refractivity contribution in [2.45, 2.75) is 45.6 Å². The molecule has 0 aromatic heterocycles. The number of hydrogen-bond acceptors (Lipinski definition) is 2. The Kier molecular flexibility index (Phi) is 5.60. The van der Waals surface area contributed by atoms with Crippen LogP contribution in [0.3, 0.4) is 0 Å². The Morgan fingerprint density at radius 2 is 2.05 bits per heavy atom. The molecule has 1 heterocycles. The summed E-state index contributed by atoms with van der Waals surface area (Å²) in [7, 11) is 0. The van der Waals surface area contributed by atoms with Gasteiger partial charge < -0.3 is 10.6 Å². The molecule has 1 aliphatic rings. The van der Waals surface area contributed by atoms with E-state index in [2.05, 4.69) is 36.6 Å². The van der Waals surface area contributed by atoms with Crippen molar-refractivity contribution in [2.24, 2.45) is 5.92 Å². The third-order valence-electron chi connectivity index (χ3n) is 4.36. The normalized spacial score (nSPS) is 17.7. The summed E-state index contributed by atoms with van der Waals surface area (Å²) in [6.45, 7) is 6.40. The van der Waals surface area contributed by atoms with Crippen molar-refractivity contribution >= 4 is 5.91 Å². The van der Waals surface area contributed by atoms with Gasteiger partial charge in [-0.1, -0.05) is 24.3 Å². The van der Waals surface area contributed by atoms with E-state index in [1.165, 1.54) is 24.0 Å². The molecule has 1 unspecified atom stereocenters. The molecule has 3 heteroatoms. The zero-order valence-corrected chi connectivity index (χ0v) is 12.6. The standard InChI is InChI=1S/C17H26N2O/c1-13-5-3-4-6-15(13)7-8-17(20)19-14(2)16-9-11-18-12-10-16/h3-6,14,16,18H,7-12H2,1-2H3,(H,19,20). The molecule has 0 saturated carbocycles. The Balaban J connectivity index is 1.76. The van der Waals surface area contributed by atoms with Gasteiger partial charge in [-0.25, -0.2) is 0 Å². The highest BCUT2D eigenvalue weighted by molar-refractivity contribution is 5.76. The summed E-state index contributed by atoms with van der Waals surface area (Å²) >= 11 is 0. The van der Waals surface area contributed by atoms with E-state index in [1.807, 2.05) is 12.1 Å². The first-order valence-corrected chi connectivity index (χ1v) is 7.71. The molecule has 1 aliphatic heterocycles. The van der Waals surface area contributed by atoms with Gasteiger partial charge in [0.25, 0.3) is 0 Å². The van der Waals surface area contributed by atoms with E-state index in [-0.39, 0.29) is 5.91 Å². The molecule has 1 atom stereocenters. The van der Waals surface area contributed by atoms with Crippen molar-refractivity contribution in [3.63, 3.8) is 0 Å². The highest BCUT2D eigenvalue weighted by Gasteiger charge is 2.20. The summed E-state index contributed by atoms with van der Waals surface area (Å²) in [6.07, 6.45) is 3.75. The van der Waals surface area contributed by atoms with Crippen molar-refractivity contribution in [2.75, 3.05) is 13.1 Å². The van der Waals surface area contributed by atoms with Crippen molar-refractivity contribution in [3.05, 3.63) is 35.4 Å². The molecule has 0 bridgehead atoms. The number of piperidine rings is 1. The van der Waals surface area contributed by atoms with E-state index in [1.54, 1.807) is 0 Å². The molecule has 110 valence electrons. The van der Waals surface area contributed by atoms with E-state index in [0.717, 1.165) is 19.5 Å². The number of nitrogens with one attached hydrogen (secondary N) is 2. The smallest absolute Gasteiger partial charge is 0.220 e. The monoisotopic (exact) mass is 274 g/mol. The lowest BCUT2D eigenvalue weighted by atomic mass is 9.91. The van der Waals surface area contributed by atoms with Crippen molar-refractivity contribution in [3.8, 4) is 0 Å². The van der Waals surface area contributed by atoms with Gasteiger partial charge in [0, 0.05) is 12.5 Å². The van der Waals surface area contributed by atoms with Crippen molar-refractivity contribution in [1.29, 1.82) is 0 Å². The van der Waals surface area contributed by atoms with Crippen LogP contribution >= 0.6 is 0 Å². The maximum Gasteiger partial charge on any atom is 0.220 e. The van der Waals surface area contributed by atoms with Crippen LogP contribution in [0.4, 0.5) is 0 Å². The molecule has 2 N–H and O–H groups in total. The number of hydrogen-bond donors (Lipinski definition) is 2. The molecular weight excluding hydrogens is 248 g/mol. The van der Waals surface area contributed by atoms with E-state index < -0.39 is 0 Å². The van der Waals surface area contributed by atoms with Gasteiger partial charge in [0.2, 0.25) is 5.91 Å². The van der Waals surface area contributed by atoms with E-state index >= 15 is 0 Å². The largest absolute Gasteiger partial charge is 0.353 e. The van der Waals surface area contributed by atoms with Gasteiger partial charge in [-0.2, -0.15) is 0 Å². The molecule has 1 saturated heterocycles. The second-order valence-corrected chi connectivity index (χ2v) is 5.87. The van der Waals surface area contributed by atoms with Crippen LogP contribution in [0.1, 0.15) is 37.3 Å². The second-order valence-electron chi connectivity index (χ2n) is 5.87. The molecule has 3 nitrogen and oxygen atoms in total. The van der Waals surface area contributed by atoms with Crippen LogP contribution in [0.2, 0.25) is 0 Å². The Morgan fingerprint density at radius 1 is 1.35 bits per heavy atom. The van der Waals surface area contributed by atoms with Crippen LogP contribution in [-0.4, -0.2) is 25.0 Å². The van der Waals surface area contributed by atoms with Crippen LogP contribution in [-0.2, 0) is 11.2 Å². The average molecular weight is 274 g/mol. The Morgan fingerprint density at radius 3 is 2.75 bits per heavy atom. The number of benzene rings is 1. The SMILES string of the molecule is Cc1ccccc1CCC(=O)NC(C)C1CCNCC1. The maximum atomic E-state index is 12.1. The lowest BCUT2D eigenvalue weighted by Gasteiger charge is -2.28. The van der Waals surface area contributed by atoms with Gasteiger partial charge >= 0.3 is 0 Å². The predicted molar refractivity (Wildman–Crippen MR) is 82.7 cm³/mol. The van der Waals surface area contributed by atoms with E-state index in [4.69, 9.17) is 0 Å². The molecule has 1 aromatic rings. The van der Waals surface area contributed by atoms with Gasteiger partial charge in [0.15, 0.2) is 0 Å². The second kappa shape index (κ2) is 7.44. The van der Waals surface area contributed by atoms with Crippen LogP contribution in [0.15, 0.2) is 24.3 Å². The molecule has 0 spiro atoms. The first-order valence-electron chi connectivity index (χ1n) is 7.71. The molecule has 20 heavy (non-hydrogen) atoms. The van der Waals surface area contributed by atoms with Crippen molar-refractivity contribution < 1.29 is 4.79 Å². The van der Waals surface area contributed by atoms with Crippen LogP contribution in [0.25, 0.3) is 0 Å². The van der Waals surface area contributed by atoms with Crippen LogP contribution in [0.5, 0.6) is 0 Å². The summed E-state index contributed by atoms with van der Waals surface area (Å²) in [5.41, 5.74) is 2.55. The summed E-state index contributed by atoms with van der Waals surface area (Å²) in [6, 6.07) is 8.58. The van der Waals surface area contributed by atoms with Gasteiger partial charge in [-0.3, -0.25) is 4.79 Å². The Labute approximate surface area is 122 Å². The quantitative estimate of drug-likeness (QED) is 0.866. The number of aryl methyl sites for hydroxylation is 2. The average Bonchev–Trinajstić information content (AvgIpc) is 2.47. The summed E-state index contributed by atoms with van der Waals surface area (Å²) in [5, 5.41) is 6.54. The van der Waals surface area contributed by atoms with E-state index in [0.29, 0.717) is 18.4 Å². The molecule has 0 radical (unpaired) electrons. The van der Waals surface area contributed by atoms with Crippen molar-refractivity contribution in [1.82, 2.24) is 10.6 Å². The number of rotatable bonds is 5. The maximum absolute atomic E-state index is 12.1. The Hall–Kier alpha value is -1.35. The van der Waals surface area contributed by atoms with Gasteiger partial charge in [0.05, 0.1) is 0 Å². The Bertz CT molecular complexity index is 438. The minimum Gasteiger partial charge on any atom is -0.353 e. The highest BCUT2D eigenvalue weighted by Crippen LogP contribution is 2.16. The number of carbonyl (C=O) groups excluding carboxylic acids is 1. The molecule has 1 amide bonds. The minimum atomic E-state index is 0.180. The zero-order chi connectivity index (χ0) is 14.4. The van der Waals surface area contributed by atoms with Crippen LogP contribution in [0, 0.1) is 12.8 Å². The zero-order valence-electron chi connectivity index (χ0n) is 12.6. The van der Waals surface area contributed by atoms with Gasteiger partial charge in [0.1, 0.15) is 0 Å². The summed E-state index contributed by atoms with van der Waals surface area (Å²) < 4.78 is 0. The fourth-order valence-electron chi connectivity index (χ4n) is 2.93. The molecule has 0 aliphatic carbocycles. The molecule has 2 rings (SSSR count). The molecule has 1 aromatic carbocycles. The predicted octanol–water partition coefficient (Wildman–Crippen LogP) is 2.43. The topological polar surface area (TPSA) is 41.1 Å². The lowest BCUT2D eigenvalue weighted by Crippen LogP contribution is -2.42. The molecular formula is C17H26N2O.